The van der Waals surface area contributed by atoms with Gasteiger partial charge in [0.1, 0.15) is 17.9 Å². The van der Waals surface area contributed by atoms with Crippen molar-refractivity contribution in [3.05, 3.63) is 90.0 Å². The maximum atomic E-state index is 13.4. The molecule has 3 aromatic rings. The number of anilines is 1. The SMILES string of the molecule is CCc1ccc(N(CC(=O)N/N=C\c2ccc(OCC(=O)OC(C)(C)C)cc2)S(=O)(=O)c2ccccc2)cc1. The van der Waals surface area contributed by atoms with Gasteiger partial charge in [0.05, 0.1) is 16.8 Å². The lowest BCUT2D eigenvalue weighted by molar-refractivity contribution is -0.157. The normalized spacial score (nSPS) is 11.7. The summed E-state index contributed by atoms with van der Waals surface area (Å²) in [6, 6.07) is 21.7. The summed E-state index contributed by atoms with van der Waals surface area (Å²) in [6.07, 6.45) is 2.22. The molecule has 0 bridgehead atoms. The smallest absolute Gasteiger partial charge is 0.344 e. The van der Waals surface area contributed by atoms with Crippen molar-refractivity contribution in [3.8, 4) is 5.75 Å². The minimum absolute atomic E-state index is 0.0786. The summed E-state index contributed by atoms with van der Waals surface area (Å²) in [4.78, 5) is 24.6. The van der Waals surface area contributed by atoms with Crippen LogP contribution < -0.4 is 14.5 Å². The van der Waals surface area contributed by atoms with Crippen LogP contribution in [0.25, 0.3) is 0 Å². The summed E-state index contributed by atoms with van der Waals surface area (Å²) < 4.78 is 38.5. The first-order chi connectivity index (χ1) is 18.5. The second-order valence-electron chi connectivity index (χ2n) is 9.58. The van der Waals surface area contributed by atoms with Crippen LogP contribution in [0.1, 0.15) is 38.8 Å². The maximum Gasteiger partial charge on any atom is 0.344 e. The molecule has 0 radical (unpaired) electrons. The molecule has 0 fully saturated rings. The molecule has 0 atom stereocenters. The zero-order valence-electron chi connectivity index (χ0n) is 22.5. The third-order valence-corrected chi connectivity index (χ3v) is 7.10. The van der Waals surface area contributed by atoms with Gasteiger partial charge in [0.2, 0.25) is 0 Å². The summed E-state index contributed by atoms with van der Waals surface area (Å²) in [5.74, 6) is -0.610. The fourth-order valence-electron chi connectivity index (χ4n) is 3.44. The molecule has 0 saturated carbocycles. The van der Waals surface area contributed by atoms with Gasteiger partial charge < -0.3 is 9.47 Å². The Labute approximate surface area is 229 Å². The topological polar surface area (TPSA) is 114 Å². The van der Waals surface area contributed by atoms with Crippen LogP contribution in [0.15, 0.2) is 88.9 Å². The average molecular weight is 552 g/mol. The van der Waals surface area contributed by atoms with E-state index in [2.05, 4.69) is 10.5 Å². The molecule has 0 aromatic heterocycles. The van der Waals surface area contributed by atoms with Crippen LogP contribution in [0, 0.1) is 0 Å². The summed E-state index contributed by atoms with van der Waals surface area (Å²) in [5.41, 5.74) is 3.87. The number of hydrogen-bond acceptors (Lipinski definition) is 7. The van der Waals surface area contributed by atoms with Crippen LogP contribution in [-0.4, -0.2) is 45.3 Å². The van der Waals surface area contributed by atoms with Crippen LogP contribution in [-0.2, 0) is 30.8 Å². The van der Waals surface area contributed by atoms with Crippen LogP contribution in [0.3, 0.4) is 0 Å². The molecule has 0 saturated heterocycles. The van der Waals surface area contributed by atoms with Gasteiger partial charge >= 0.3 is 5.97 Å². The number of amides is 1. The van der Waals surface area contributed by atoms with Crippen molar-refractivity contribution in [3.63, 3.8) is 0 Å². The van der Waals surface area contributed by atoms with E-state index in [0.717, 1.165) is 16.3 Å². The first-order valence-electron chi connectivity index (χ1n) is 12.4. The number of nitrogens with zero attached hydrogens (tertiary/aromatic N) is 2. The van der Waals surface area contributed by atoms with Crippen molar-refractivity contribution in [1.82, 2.24) is 5.43 Å². The molecular weight excluding hydrogens is 518 g/mol. The molecule has 0 aliphatic carbocycles. The highest BCUT2D eigenvalue weighted by Crippen LogP contribution is 2.24. The predicted molar refractivity (Wildman–Crippen MR) is 150 cm³/mol. The Hall–Kier alpha value is -4.18. The van der Waals surface area contributed by atoms with E-state index in [4.69, 9.17) is 9.47 Å². The summed E-state index contributed by atoms with van der Waals surface area (Å²) in [7, 11) is -4.00. The second kappa shape index (κ2) is 13.1. The lowest BCUT2D eigenvalue weighted by atomic mass is 10.1. The quantitative estimate of drug-likeness (QED) is 0.216. The fraction of sp³-hybridized carbons (Fsp3) is 0.276. The van der Waals surface area contributed by atoms with Crippen LogP contribution >= 0.6 is 0 Å². The molecule has 3 rings (SSSR count). The van der Waals surface area contributed by atoms with Gasteiger partial charge in [0, 0.05) is 0 Å². The Bertz CT molecular complexity index is 1380. The molecule has 3 aromatic carbocycles. The molecule has 206 valence electrons. The van der Waals surface area contributed by atoms with Gasteiger partial charge in [0.25, 0.3) is 15.9 Å². The Kier molecular flexibility index (Phi) is 9.84. The van der Waals surface area contributed by atoms with Crippen molar-refractivity contribution in [2.75, 3.05) is 17.5 Å². The van der Waals surface area contributed by atoms with Gasteiger partial charge in [-0.1, -0.05) is 37.3 Å². The summed E-state index contributed by atoms with van der Waals surface area (Å²) in [5, 5.41) is 3.95. The number of hydrogen-bond donors (Lipinski definition) is 1. The van der Waals surface area contributed by atoms with Crippen molar-refractivity contribution in [2.45, 2.75) is 44.6 Å². The Morgan fingerprint density at radius 1 is 0.949 bits per heavy atom. The van der Waals surface area contributed by atoms with Crippen molar-refractivity contribution >= 4 is 33.8 Å². The monoisotopic (exact) mass is 551 g/mol. The Balaban J connectivity index is 1.64. The van der Waals surface area contributed by atoms with E-state index in [1.165, 1.54) is 18.3 Å². The Morgan fingerprint density at radius 3 is 2.18 bits per heavy atom. The average Bonchev–Trinajstić information content (AvgIpc) is 2.91. The molecule has 0 unspecified atom stereocenters. The minimum Gasteiger partial charge on any atom is -0.482 e. The number of ether oxygens (including phenoxy) is 2. The van der Waals surface area contributed by atoms with Gasteiger partial charge in [-0.2, -0.15) is 5.10 Å². The van der Waals surface area contributed by atoms with Crippen molar-refractivity contribution < 1.29 is 27.5 Å². The van der Waals surface area contributed by atoms with E-state index in [-0.39, 0.29) is 11.5 Å². The van der Waals surface area contributed by atoms with E-state index in [0.29, 0.717) is 17.0 Å². The number of carbonyl (C=O) groups excluding carboxylic acids is 2. The van der Waals surface area contributed by atoms with E-state index in [9.17, 15) is 18.0 Å². The summed E-state index contributed by atoms with van der Waals surface area (Å²) in [6.45, 7) is 6.66. The van der Waals surface area contributed by atoms with E-state index >= 15 is 0 Å². The summed E-state index contributed by atoms with van der Waals surface area (Å²) >= 11 is 0. The molecule has 0 aliphatic rings. The lowest BCUT2D eigenvalue weighted by Crippen LogP contribution is -2.39. The first kappa shape index (κ1) is 29.4. The molecule has 39 heavy (non-hydrogen) atoms. The third-order valence-electron chi connectivity index (χ3n) is 5.31. The van der Waals surface area contributed by atoms with Crippen molar-refractivity contribution in [2.24, 2.45) is 5.10 Å². The fourth-order valence-corrected chi connectivity index (χ4v) is 4.88. The largest absolute Gasteiger partial charge is 0.482 e. The number of sulfonamides is 1. The first-order valence-corrected chi connectivity index (χ1v) is 13.9. The van der Waals surface area contributed by atoms with Gasteiger partial charge in [-0.3, -0.25) is 9.10 Å². The number of carbonyl (C=O) groups is 2. The minimum atomic E-state index is -4.00. The van der Waals surface area contributed by atoms with E-state index in [1.54, 1.807) is 75.4 Å². The highest BCUT2D eigenvalue weighted by atomic mass is 32.2. The molecule has 1 N–H and O–H groups in total. The molecule has 0 spiro atoms. The molecule has 0 heterocycles. The van der Waals surface area contributed by atoms with Gasteiger partial charge in [-0.15, -0.1) is 0 Å². The lowest BCUT2D eigenvalue weighted by Gasteiger charge is -2.24. The maximum absolute atomic E-state index is 13.4. The number of esters is 1. The van der Waals surface area contributed by atoms with E-state index in [1.807, 2.05) is 19.1 Å². The van der Waals surface area contributed by atoms with Crippen LogP contribution in [0.4, 0.5) is 5.69 Å². The molecular formula is C29H33N3O6S. The highest BCUT2D eigenvalue weighted by Gasteiger charge is 2.27. The number of rotatable bonds is 11. The molecule has 10 heteroatoms. The molecule has 0 aliphatic heterocycles. The molecule has 1 amide bonds. The number of benzene rings is 3. The Morgan fingerprint density at radius 2 is 1.59 bits per heavy atom. The zero-order chi connectivity index (χ0) is 28.5. The number of hydrazone groups is 1. The van der Waals surface area contributed by atoms with Gasteiger partial charge in [0.15, 0.2) is 6.61 Å². The van der Waals surface area contributed by atoms with Crippen molar-refractivity contribution in [1.29, 1.82) is 0 Å². The second-order valence-corrected chi connectivity index (χ2v) is 11.4. The van der Waals surface area contributed by atoms with E-state index < -0.39 is 34.0 Å². The number of aryl methyl sites for hydroxylation is 1. The molecule has 9 nitrogen and oxygen atoms in total. The number of nitrogens with one attached hydrogen (secondary N) is 1. The zero-order valence-corrected chi connectivity index (χ0v) is 23.3. The third kappa shape index (κ3) is 8.96. The standard InChI is InChI=1S/C29H33N3O6S/c1-5-22-11-15-24(16-12-22)32(39(35,36)26-9-7-6-8-10-26)20-27(33)31-30-19-23-13-17-25(18-14-23)37-21-28(34)38-29(2,3)4/h6-19H,5,20-21H2,1-4H3,(H,31,33)/b30-19-. The van der Waals surface area contributed by atoms with Crippen LogP contribution in [0.5, 0.6) is 5.75 Å². The highest BCUT2D eigenvalue weighted by molar-refractivity contribution is 7.92. The van der Waals surface area contributed by atoms with Gasteiger partial charge in [-0.05, 0) is 86.8 Å². The predicted octanol–water partition coefficient (Wildman–Crippen LogP) is 4.32. The van der Waals surface area contributed by atoms with Crippen LogP contribution in [0.2, 0.25) is 0 Å². The van der Waals surface area contributed by atoms with Gasteiger partial charge in [-0.25, -0.2) is 18.6 Å².